The lowest BCUT2D eigenvalue weighted by Crippen LogP contribution is -2.23. The molecule has 1 atom stereocenters. The summed E-state index contributed by atoms with van der Waals surface area (Å²) in [7, 11) is 0. The highest BCUT2D eigenvalue weighted by Gasteiger charge is 2.22. The number of hydrogen-bond acceptors (Lipinski definition) is 4. The Balaban J connectivity index is 0.00000120. The van der Waals surface area contributed by atoms with E-state index in [-0.39, 0.29) is 18.5 Å². The molecule has 4 nitrogen and oxygen atoms in total. The third-order valence-electron chi connectivity index (χ3n) is 3.14. The van der Waals surface area contributed by atoms with Crippen molar-refractivity contribution in [2.75, 3.05) is 13.2 Å². The Morgan fingerprint density at radius 2 is 2.28 bits per heavy atom. The molecule has 0 saturated heterocycles. The fourth-order valence-corrected chi connectivity index (χ4v) is 2.35. The van der Waals surface area contributed by atoms with Crippen molar-refractivity contribution in [3.8, 4) is 11.3 Å². The third kappa shape index (κ3) is 2.14. The number of benzene rings is 1. The summed E-state index contributed by atoms with van der Waals surface area (Å²) in [5.41, 5.74) is 9.27. The molecule has 5 heteroatoms. The monoisotopic (exact) mass is 266 g/mol. The van der Waals surface area contributed by atoms with Crippen LogP contribution in [0.3, 0.4) is 0 Å². The largest absolute Gasteiger partial charge is 0.444 e. The van der Waals surface area contributed by atoms with Crippen molar-refractivity contribution < 1.29 is 9.15 Å². The van der Waals surface area contributed by atoms with Gasteiger partial charge in [-0.05, 0) is 17.5 Å². The van der Waals surface area contributed by atoms with Crippen LogP contribution in [0.5, 0.6) is 0 Å². The molecule has 0 spiro atoms. The van der Waals surface area contributed by atoms with Crippen LogP contribution in [0, 0.1) is 0 Å². The first-order chi connectivity index (χ1) is 8.40. The van der Waals surface area contributed by atoms with Crippen molar-refractivity contribution in [2.24, 2.45) is 5.73 Å². The van der Waals surface area contributed by atoms with Crippen molar-refractivity contribution in [1.82, 2.24) is 4.98 Å². The van der Waals surface area contributed by atoms with Crippen LogP contribution >= 0.6 is 12.4 Å². The van der Waals surface area contributed by atoms with Crippen LogP contribution in [0.1, 0.15) is 17.2 Å². The van der Waals surface area contributed by atoms with Gasteiger partial charge in [-0.2, -0.15) is 0 Å². The zero-order valence-corrected chi connectivity index (χ0v) is 10.7. The van der Waals surface area contributed by atoms with E-state index < -0.39 is 0 Å². The number of nitrogens with zero attached hydrogens (tertiary/aromatic N) is 1. The Labute approximate surface area is 112 Å². The standard InChI is InChI=1S/C13H14N2O2.ClH/c14-6-12-10-2-1-3-11(9(10)4-5-16-12)13-7-15-8-17-13;/h1-3,7-8,12H,4-6,14H2;1H/t12-;/m0./s1. The Hall–Kier alpha value is -1.36. The third-order valence-corrected chi connectivity index (χ3v) is 3.14. The van der Waals surface area contributed by atoms with Crippen molar-refractivity contribution >= 4 is 12.4 Å². The van der Waals surface area contributed by atoms with Gasteiger partial charge in [0.1, 0.15) is 0 Å². The number of halogens is 1. The highest BCUT2D eigenvalue weighted by molar-refractivity contribution is 5.85. The van der Waals surface area contributed by atoms with Crippen molar-refractivity contribution in [1.29, 1.82) is 0 Å². The molecule has 1 aromatic carbocycles. The molecule has 1 aliphatic rings. The van der Waals surface area contributed by atoms with Crippen LogP contribution in [0.15, 0.2) is 35.2 Å². The molecule has 96 valence electrons. The zero-order valence-electron chi connectivity index (χ0n) is 9.83. The number of hydrogen-bond donors (Lipinski definition) is 1. The molecular weight excluding hydrogens is 252 g/mol. The first-order valence-electron chi connectivity index (χ1n) is 5.72. The maximum Gasteiger partial charge on any atom is 0.181 e. The summed E-state index contributed by atoms with van der Waals surface area (Å²) in [6.07, 6.45) is 4.08. The van der Waals surface area contributed by atoms with Gasteiger partial charge in [-0.25, -0.2) is 4.98 Å². The van der Waals surface area contributed by atoms with E-state index in [9.17, 15) is 0 Å². The Morgan fingerprint density at radius 3 is 3.00 bits per heavy atom. The number of rotatable bonds is 2. The molecule has 0 saturated carbocycles. The van der Waals surface area contributed by atoms with Crippen LogP contribution in [0.25, 0.3) is 11.3 Å². The average molecular weight is 267 g/mol. The maximum atomic E-state index is 5.73. The molecule has 0 bridgehead atoms. The van der Waals surface area contributed by atoms with Gasteiger partial charge in [0.25, 0.3) is 0 Å². The van der Waals surface area contributed by atoms with Gasteiger partial charge in [-0.3, -0.25) is 0 Å². The van der Waals surface area contributed by atoms with Crippen LogP contribution in [-0.2, 0) is 11.2 Å². The Kier molecular flexibility index (Phi) is 4.01. The highest BCUT2D eigenvalue weighted by Crippen LogP contribution is 2.33. The second-order valence-electron chi connectivity index (χ2n) is 4.08. The molecule has 0 radical (unpaired) electrons. The van der Waals surface area contributed by atoms with Gasteiger partial charge < -0.3 is 14.9 Å². The summed E-state index contributed by atoms with van der Waals surface area (Å²) in [5, 5.41) is 0. The summed E-state index contributed by atoms with van der Waals surface area (Å²) in [6.45, 7) is 1.22. The normalized spacial score (nSPS) is 17.9. The highest BCUT2D eigenvalue weighted by atomic mass is 35.5. The summed E-state index contributed by atoms with van der Waals surface area (Å²) in [5.74, 6) is 0.805. The van der Waals surface area contributed by atoms with E-state index in [1.54, 1.807) is 6.20 Å². The first kappa shape index (κ1) is 13.1. The van der Waals surface area contributed by atoms with E-state index >= 15 is 0 Å². The SMILES string of the molecule is Cl.NC[C@@H]1OCCc2c(-c3cnco3)cccc21. The minimum atomic E-state index is 0. The molecule has 0 aliphatic carbocycles. The van der Waals surface area contributed by atoms with Crippen LogP contribution in [-0.4, -0.2) is 18.1 Å². The zero-order chi connectivity index (χ0) is 11.7. The molecule has 0 amide bonds. The van der Waals surface area contributed by atoms with Crippen molar-refractivity contribution in [3.63, 3.8) is 0 Å². The molecule has 0 unspecified atom stereocenters. The maximum absolute atomic E-state index is 5.73. The summed E-state index contributed by atoms with van der Waals surface area (Å²) in [4.78, 5) is 3.96. The van der Waals surface area contributed by atoms with Gasteiger partial charge in [0.2, 0.25) is 0 Å². The van der Waals surface area contributed by atoms with Gasteiger partial charge >= 0.3 is 0 Å². The summed E-state index contributed by atoms with van der Waals surface area (Å²) >= 11 is 0. The lowest BCUT2D eigenvalue weighted by Gasteiger charge is -2.26. The quantitative estimate of drug-likeness (QED) is 0.906. The number of fused-ring (bicyclic) bond motifs is 1. The fraction of sp³-hybridized carbons (Fsp3) is 0.308. The lowest BCUT2D eigenvalue weighted by molar-refractivity contribution is 0.0486. The van der Waals surface area contributed by atoms with Gasteiger partial charge in [-0.1, -0.05) is 18.2 Å². The first-order valence-corrected chi connectivity index (χ1v) is 5.72. The van der Waals surface area contributed by atoms with Gasteiger partial charge in [0.15, 0.2) is 12.2 Å². The molecule has 3 rings (SSSR count). The molecule has 1 aromatic heterocycles. The van der Waals surface area contributed by atoms with Gasteiger partial charge in [-0.15, -0.1) is 12.4 Å². The van der Waals surface area contributed by atoms with E-state index in [0.717, 1.165) is 17.7 Å². The number of ether oxygens (including phenoxy) is 1. The minimum Gasteiger partial charge on any atom is -0.444 e. The number of oxazole rings is 1. The number of aromatic nitrogens is 1. The molecular formula is C13H15ClN2O2. The van der Waals surface area contributed by atoms with E-state index in [2.05, 4.69) is 17.1 Å². The predicted octanol–water partition coefficient (Wildman–Crippen LogP) is 2.34. The molecule has 2 aromatic rings. The van der Waals surface area contributed by atoms with E-state index in [1.807, 2.05) is 6.07 Å². The number of nitrogens with two attached hydrogens (primary N) is 1. The predicted molar refractivity (Wildman–Crippen MR) is 70.6 cm³/mol. The van der Waals surface area contributed by atoms with Gasteiger partial charge in [0.05, 0.1) is 18.9 Å². The topological polar surface area (TPSA) is 61.3 Å². The smallest absolute Gasteiger partial charge is 0.181 e. The summed E-state index contributed by atoms with van der Waals surface area (Å²) < 4.78 is 11.0. The Morgan fingerprint density at radius 1 is 1.39 bits per heavy atom. The van der Waals surface area contributed by atoms with E-state index in [4.69, 9.17) is 14.9 Å². The average Bonchev–Trinajstić information content (AvgIpc) is 2.91. The van der Waals surface area contributed by atoms with E-state index in [0.29, 0.717) is 13.2 Å². The molecule has 2 N–H and O–H groups in total. The van der Waals surface area contributed by atoms with E-state index in [1.165, 1.54) is 17.5 Å². The molecule has 2 heterocycles. The lowest BCUT2D eigenvalue weighted by atomic mass is 9.92. The van der Waals surface area contributed by atoms with Crippen molar-refractivity contribution in [2.45, 2.75) is 12.5 Å². The van der Waals surface area contributed by atoms with Crippen LogP contribution in [0.4, 0.5) is 0 Å². The van der Waals surface area contributed by atoms with Crippen molar-refractivity contribution in [3.05, 3.63) is 41.9 Å². The summed E-state index contributed by atoms with van der Waals surface area (Å²) in [6, 6.07) is 6.14. The fourth-order valence-electron chi connectivity index (χ4n) is 2.35. The van der Waals surface area contributed by atoms with Gasteiger partial charge in [0, 0.05) is 12.1 Å². The molecule has 0 fully saturated rings. The Bertz CT molecular complexity index is 514. The second-order valence-corrected chi connectivity index (χ2v) is 4.08. The molecule has 18 heavy (non-hydrogen) atoms. The van der Waals surface area contributed by atoms with Crippen LogP contribution < -0.4 is 5.73 Å². The minimum absolute atomic E-state index is 0. The van der Waals surface area contributed by atoms with Crippen LogP contribution in [0.2, 0.25) is 0 Å². The second kappa shape index (κ2) is 5.52. The molecule has 1 aliphatic heterocycles.